The Hall–Kier alpha value is -3.13. The Morgan fingerprint density at radius 1 is 0.780 bits per heavy atom. The van der Waals surface area contributed by atoms with Crippen molar-refractivity contribution in [1.29, 1.82) is 5.26 Å². The second-order valence-electron chi connectivity index (χ2n) is 12.1. The molecule has 2 aliphatic carbocycles. The van der Waals surface area contributed by atoms with Crippen LogP contribution in [-0.4, -0.2) is 0 Å². The van der Waals surface area contributed by atoms with Crippen molar-refractivity contribution < 1.29 is 17.6 Å². The Morgan fingerprint density at radius 3 is 2.15 bits per heavy atom. The number of nitrogens with zero attached hydrogens (tertiary/aromatic N) is 1. The second kappa shape index (κ2) is 13.2. The van der Waals surface area contributed by atoms with Gasteiger partial charge in [-0.3, -0.25) is 0 Å². The zero-order valence-corrected chi connectivity index (χ0v) is 23.9. The average molecular weight is 562 g/mol. The summed E-state index contributed by atoms with van der Waals surface area (Å²) >= 11 is 0. The van der Waals surface area contributed by atoms with E-state index in [4.69, 9.17) is 5.26 Å². The molecule has 1 nitrogen and oxygen atoms in total. The molecule has 3 aromatic rings. The molecule has 0 aliphatic heterocycles. The number of hydrogen-bond acceptors (Lipinski definition) is 1. The molecule has 0 saturated heterocycles. The van der Waals surface area contributed by atoms with Gasteiger partial charge in [0.1, 0.15) is 17.7 Å². The summed E-state index contributed by atoms with van der Waals surface area (Å²) in [7, 11) is 0. The first-order valence-corrected chi connectivity index (χ1v) is 15.3. The Kier molecular flexibility index (Phi) is 9.48. The average Bonchev–Trinajstić information content (AvgIpc) is 2.98. The van der Waals surface area contributed by atoms with E-state index in [0.29, 0.717) is 50.0 Å². The molecule has 5 rings (SSSR count). The molecule has 2 aliphatic rings. The normalized spacial score (nSPS) is 20.4. The molecule has 0 radical (unpaired) electrons. The molecule has 5 heteroatoms. The predicted octanol–water partition coefficient (Wildman–Crippen LogP) is 10.0. The number of nitriles is 1. The first-order valence-electron chi connectivity index (χ1n) is 15.3. The van der Waals surface area contributed by atoms with E-state index >= 15 is 8.78 Å². The maximum Gasteiger partial charge on any atom is 0.176 e. The van der Waals surface area contributed by atoms with Gasteiger partial charge in [-0.1, -0.05) is 50.1 Å². The standard InChI is InChI=1S/C36H39F4N/c1-2-3-4-5-23-6-8-24(9-7-23)10-11-25-12-18-31-29(20-25)21-32(37)33(35(31)39)27-15-13-26(14-16-27)30-19-17-28(22-41)34(38)36(30)40/h6-9,17,19,21,25-27H,2-5,10-16,18,20H2,1H3. The number of unbranched alkanes of at least 4 members (excludes halogenated alkanes) is 2. The third kappa shape index (κ3) is 6.53. The van der Waals surface area contributed by atoms with Crippen LogP contribution in [0.25, 0.3) is 0 Å². The molecule has 216 valence electrons. The van der Waals surface area contributed by atoms with E-state index in [-0.39, 0.29) is 28.5 Å². The van der Waals surface area contributed by atoms with Crippen LogP contribution < -0.4 is 0 Å². The van der Waals surface area contributed by atoms with Crippen LogP contribution in [0.2, 0.25) is 0 Å². The van der Waals surface area contributed by atoms with Gasteiger partial charge in [-0.2, -0.15) is 5.26 Å². The minimum absolute atomic E-state index is 0.172. The third-order valence-corrected chi connectivity index (χ3v) is 9.50. The summed E-state index contributed by atoms with van der Waals surface area (Å²) < 4.78 is 59.9. The third-order valence-electron chi connectivity index (χ3n) is 9.50. The highest BCUT2D eigenvalue weighted by molar-refractivity contribution is 5.40. The van der Waals surface area contributed by atoms with Crippen LogP contribution in [0, 0.1) is 40.5 Å². The van der Waals surface area contributed by atoms with Crippen molar-refractivity contribution in [2.45, 2.75) is 102 Å². The Bertz CT molecular complexity index is 1400. The molecule has 41 heavy (non-hydrogen) atoms. The predicted molar refractivity (Wildman–Crippen MR) is 155 cm³/mol. The molecule has 1 unspecified atom stereocenters. The van der Waals surface area contributed by atoms with Gasteiger partial charge in [-0.05, 0) is 128 Å². The van der Waals surface area contributed by atoms with Gasteiger partial charge in [0.2, 0.25) is 0 Å². The molecule has 0 spiro atoms. The number of benzene rings is 3. The summed E-state index contributed by atoms with van der Waals surface area (Å²) in [5, 5.41) is 8.94. The molecule has 1 atom stereocenters. The molecule has 0 bridgehead atoms. The zero-order chi connectivity index (χ0) is 28.9. The number of halogens is 4. The van der Waals surface area contributed by atoms with Gasteiger partial charge >= 0.3 is 0 Å². The fraction of sp³-hybridized carbons (Fsp3) is 0.472. The van der Waals surface area contributed by atoms with E-state index in [1.165, 1.54) is 42.5 Å². The lowest BCUT2D eigenvalue weighted by Crippen LogP contribution is -2.21. The zero-order valence-electron chi connectivity index (χ0n) is 23.9. The minimum atomic E-state index is -1.12. The highest BCUT2D eigenvalue weighted by atomic mass is 19.2. The van der Waals surface area contributed by atoms with Gasteiger partial charge in [-0.25, -0.2) is 17.6 Å². The first kappa shape index (κ1) is 29.4. The molecular formula is C36H39F4N. The number of hydrogen-bond donors (Lipinski definition) is 0. The second-order valence-corrected chi connectivity index (χ2v) is 12.1. The van der Waals surface area contributed by atoms with Gasteiger partial charge in [0.15, 0.2) is 11.6 Å². The van der Waals surface area contributed by atoms with E-state index in [2.05, 4.69) is 31.2 Å². The lowest BCUT2D eigenvalue weighted by molar-refractivity contribution is 0.360. The van der Waals surface area contributed by atoms with Crippen molar-refractivity contribution in [3.63, 3.8) is 0 Å². The molecule has 1 fully saturated rings. The van der Waals surface area contributed by atoms with Crippen LogP contribution in [0.15, 0.2) is 42.5 Å². The van der Waals surface area contributed by atoms with Crippen LogP contribution in [0.5, 0.6) is 0 Å². The van der Waals surface area contributed by atoms with Gasteiger partial charge in [0, 0.05) is 5.56 Å². The van der Waals surface area contributed by atoms with Crippen LogP contribution in [-0.2, 0) is 25.7 Å². The summed E-state index contributed by atoms with van der Waals surface area (Å²) in [6, 6.07) is 14.9. The highest BCUT2D eigenvalue weighted by Crippen LogP contribution is 2.44. The largest absolute Gasteiger partial charge is 0.207 e. The SMILES string of the molecule is CCCCCc1ccc(CCC2CCc3c(cc(F)c(C4CCC(c5ccc(C#N)c(F)c5F)CC4)c3F)C2)cc1. The number of rotatable bonds is 9. The van der Waals surface area contributed by atoms with Crippen LogP contribution >= 0.6 is 0 Å². The summed E-state index contributed by atoms with van der Waals surface area (Å²) in [4.78, 5) is 0. The lowest BCUT2D eigenvalue weighted by Gasteiger charge is -2.32. The van der Waals surface area contributed by atoms with E-state index < -0.39 is 23.3 Å². The highest BCUT2D eigenvalue weighted by Gasteiger charge is 2.32. The topological polar surface area (TPSA) is 23.8 Å². The molecule has 0 amide bonds. The van der Waals surface area contributed by atoms with Crippen molar-refractivity contribution >= 4 is 0 Å². The number of aryl methyl sites for hydroxylation is 2. The van der Waals surface area contributed by atoms with Gasteiger partial charge in [0.05, 0.1) is 5.56 Å². The summed E-state index contributed by atoms with van der Waals surface area (Å²) in [6.07, 6.45) is 11.1. The quantitative estimate of drug-likeness (QED) is 0.188. The summed E-state index contributed by atoms with van der Waals surface area (Å²) in [5.41, 5.74) is 4.28. The Balaban J connectivity index is 1.20. The monoisotopic (exact) mass is 561 g/mol. The van der Waals surface area contributed by atoms with E-state index in [9.17, 15) is 8.78 Å². The minimum Gasteiger partial charge on any atom is -0.207 e. The fourth-order valence-electron chi connectivity index (χ4n) is 7.04. The molecule has 0 aromatic heterocycles. The van der Waals surface area contributed by atoms with Crippen molar-refractivity contribution in [3.8, 4) is 6.07 Å². The van der Waals surface area contributed by atoms with Gasteiger partial charge < -0.3 is 0 Å². The van der Waals surface area contributed by atoms with Crippen molar-refractivity contribution in [3.05, 3.63) is 105 Å². The van der Waals surface area contributed by atoms with Crippen LogP contribution in [0.4, 0.5) is 17.6 Å². The molecule has 3 aromatic carbocycles. The maximum atomic E-state index is 15.8. The van der Waals surface area contributed by atoms with E-state index in [1.54, 1.807) is 12.1 Å². The number of fused-ring (bicyclic) bond motifs is 1. The van der Waals surface area contributed by atoms with Crippen molar-refractivity contribution in [2.24, 2.45) is 5.92 Å². The summed E-state index contributed by atoms with van der Waals surface area (Å²) in [5.74, 6) is -3.05. The van der Waals surface area contributed by atoms with Gasteiger partial charge in [0.25, 0.3) is 0 Å². The van der Waals surface area contributed by atoms with Crippen molar-refractivity contribution in [2.75, 3.05) is 0 Å². The van der Waals surface area contributed by atoms with Crippen LogP contribution in [0.3, 0.4) is 0 Å². The summed E-state index contributed by atoms with van der Waals surface area (Å²) in [6.45, 7) is 2.22. The van der Waals surface area contributed by atoms with E-state index in [1.807, 2.05) is 0 Å². The smallest absolute Gasteiger partial charge is 0.176 e. The van der Waals surface area contributed by atoms with E-state index in [0.717, 1.165) is 31.2 Å². The molecular weight excluding hydrogens is 522 g/mol. The Labute approximate surface area is 241 Å². The molecule has 0 heterocycles. The van der Waals surface area contributed by atoms with Crippen molar-refractivity contribution in [1.82, 2.24) is 0 Å². The maximum absolute atomic E-state index is 15.8. The fourth-order valence-corrected chi connectivity index (χ4v) is 7.04. The molecule has 1 saturated carbocycles. The first-order chi connectivity index (χ1) is 19.9. The van der Waals surface area contributed by atoms with Gasteiger partial charge in [-0.15, -0.1) is 0 Å². The van der Waals surface area contributed by atoms with Crippen LogP contribution in [0.1, 0.15) is 115 Å². The Morgan fingerprint density at radius 2 is 1.46 bits per heavy atom. The molecule has 0 N–H and O–H groups in total. The lowest BCUT2D eigenvalue weighted by atomic mass is 9.74.